The van der Waals surface area contributed by atoms with Crippen molar-refractivity contribution in [3.8, 4) is 5.82 Å². The molecule has 17 heavy (non-hydrogen) atoms. The summed E-state index contributed by atoms with van der Waals surface area (Å²) in [6.45, 7) is 1.97. The molecular weight excluding hydrogens is 216 g/mol. The van der Waals surface area contributed by atoms with E-state index in [1.165, 1.54) is 0 Å². The molecule has 0 aliphatic heterocycles. The summed E-state index contributed by atoms with van der Waals surface area (Å²) in [5.74, 6) is 0.792. The zero-order chi connectivity index (χ0) is 12.1. The van der Waals surface area contributed by atoms with Crippen LogP contribution in [0, 0.1) is 0 Å². The number of amides is 1. The molecule has 0 aliphatic rings. The first-order valence-electron chi connectivity index (χ1n) is 5.54. The maximum atomic E-state index is 11.4. The maximum Gasteiger partial charge on any atom is 0.224 e. The van der Waals surface area contributed by atoms with E-state index >= 15 is 0 Å². The van der Waals surface area contributed by atoms with Crippen molar-refractivity contribution in [1.82, 2.24) is 14.5 Å². The molecule has 1 amide bonds. The van der Waals surface area contributed by atoms with Gasteiger partial charge in [0.1, 0.15) is 12.1 Å². The van der Waals surface area contributed by atoms with Crippen LogP contribution in [0.2, 0.25) is 0 Å². The summed E-state index contributed by atoms with van der Waals surface area (Å²) >= 11 is 0. The molecular formula is C12H14N4O. The normalized spacial score (nSPS) is 10.2. The van der Waals surface area contributed by atoms with Gasteiger partial charge >= 0.3 is 0 Å². The van der Waals surface area contributed by atoms with Crippen molar-refractivity contribution in [2.75, 3.05) is 5.32 Å². The molecule has 0 radical (unpaired) electrons. The molecule has 2 rings (SSSR count). The van der Waals surface area contributed by atoms with E-state index in [1.54, 1.807) is 23.3 Å². The molecule has 0 spiro atoms. The van der Waals surface area contributed by atoms with Gasteiger partial charge in [-0.2, -0.15) is 0 Å². The molecule has 0 unspecified atom stereocenters. The number of rotatable bonds is 4. The van der Waals surface area contributed by atoms with Gasteiger partial charge in [0.25, 0.3) is 0 Å². The van der Waals surface area contributed by atoms with Gasteiger partial charge in [-0.1, -0.05) is 6.92 Å². The van der Waals surface area contributed by atoms with Crippen LogP contribution in [-0.4, -0.2) is 20.4 Å². The minimum Gasteiger partial charge on any atom is -0.325 e. The van der Waals surface area contributed by atoms with E-state index in [2.05, 4.69) is 15.3 Å². The van der Waals surface area contributed by atoms with E-state index in [0.717, 1.165) is 12.2 Å². The van der Waals surface area contributed by atoms with Crippen LogP contribution in [0.5, 0.6) is 0 Å². The van der Waals surface area contributed by atoms with Crippen LogP contribution >= 0.6 is 0 Å². The van der Waals surface area contributed by atoms with E-state index in [9.17, 15) is 4.79 Å². The van der Waals surface area contributed by atoms with Gasteiger partial charge in [-0.05, 0) is 18.6 Å². The first-order valence-corrected chi connectivity index (χ1v) is 5.54. The molecule has 2 aromatic rings. The minimum atomic E-state index is 0.0182. The molecule has 0 aromatic carbocycles. The van der Waals surface area contributed by atoms with Crippen LogP contribution in [-0.2, 0) is 4.79 Å². The van der Waals surface area contributed by atoms with Crippen molar-refractivity contribution in [2.24, 2.45) is 0 Å². The first-order chi connectivity index (χ1) is 8.29. The number of carbonyl (C=O) groups excluding carboxylic acids is 1. The van der Waals surface area contributed by atoms with Crippen LogP contribution in [0.3, 0.4) is 0 Å². The standard InChI is InChI=1S/C12H14N4O/c1-2-3-12(17)15-10-4-5-11(14-8-10)16-7-6-13-9-16/h4-9H,2-3H2,1H3,(H,15,17). The van der Waals surface area contributed by atoms with Gasteiger partial charge < -0.3 is 5.32 Å². The number of carbonyl (C=O) groups is 1. The van der Waals surface area contributed by atoms with Gasteiger partial charge in [0.15, 0.2) is 0 Å². The second-order valence-electron chi connectivity index (χ2n) is 3.67. The fourth-order valence-electron chi connectivity index (χ4n) is 1.46. The largest absolute Gasteiger partial charge is 0.325 e. The Labute approximate surface area is 99.5 Å². The van der Waals surface area contributed by atoms with E-state index < -0.39 is 0 Å². The van der Waals surface area contributed by atoms with E-state index in [1.807, 2.05) is 25.3 Å². The van der Waals surface area contributed by atoms with Crippen LogP contribution in [0.25, 0.3) is 5.82 Å². The molecule has 0 saturated carbocycles. The van der Waals surface area contributed by atoms with Crippen LogP contribution in [0.15, 0.2) is 37.1 Å². The van der Waals surface area contributed by atoms with Gasteiger partial charge in [-0.25, -0.2) is 9.97 Å². The van der Waals surface area contributed by atoms with Gasteiger partial charge in [0, 0.05) is 18.8 Å². The van der Waals surface area contributed by atoms with Gasteiger partial charge in [0.2, 0.25) is 5.91 Å². The highest BCUT2D eigenvalue weighted by molar-refractivity contribution is 5.90. The zero-order valence-electron chi connectivity index (χ0n) is 9.63. The Morgan fingerprint density at radius 2 is 2.35 bits per heavy atom. The molecule has 1 N–H and O–H groups in total. The number of hydrogen-bond acceptors (Lipinski definition) is 3. The SMILES string of the molecule is CCCC(=O)Nc1ccc(-n2ccnc2)nc1. The summed E-state index contributed by atoms with van der Waals surface area (Å²) in [7, 11) is 0. The van der Waals surface area contributed by atoms with Crippen molar-refractivity contribution in [2.45, 2.75) is 19.8 Å². The third-order valence-electron chi connectivity index (χ3n) is 2.28. The molecule has 2 heterocycles. The lowest BCUT2D eigenvalue weighted by atomic mass is 10.3. The van der Waals surface area contributed by atoms with E-state index in [0.29, 0.717) is 12.1 Å². The Morgan fingerprint density at radius 3 is 2.94 bits per heavy atom. The van der Waals surface area contributed by atoms with Crippen molar-refractivity contribution in [3.05, 3.63) is 37.1 Å². The molecule has 0 aliphatic carbocycles. The molecule has 88 valence electrons. The van der Waals surface area contributed by atoms with Crippen molar-refractivity contribution >= 4 is 11.6 Å². The maximum absolute atomic E-state index is 11.4. The molecule has 2 aromatic heterocycles. The fourth-order valence-corrected chi connectivity index (χ4v) is 1.46. The topological polar surface area (TPSA) is 59.8 Å². The highest BCUT2D eigenvalue weighted by Gasteiger charge is 2.01. The number of aromatic nitrogens is 3. The average Bonchev–Trinajstić information content (AvgIpc) is 2.84. The number of anilines is 1. The summed E-state index contributed by atoms with van der Waals surface area (Å²) in [6.07, 6.45) is 8.20. The van der Waals surface area contributed by atoms with E-state index in [-0.39, 0.29) is 5.91 Å². The Bertz CT molecular complexity index is 476. The third kappa shape index (κ3) is 2.90. The van der Waals surface area contributed by atoms with Gasteiger partial charge in [0.05, 0.1) is 11.9 Å². The number of imidazole rings is 1. The van der Waals surface area contributed by atoms with Crippen LogP contribution in [0.4, 0.5) is 5.69 Å². The highest BCUT2D eigenvalue weighted by Crippen LogP contribution is 2.09. The molecule has 5 nitrogen and oxygen atoms in total. The number of pyridine rings is 1. The number of nitrogens with zero attached hydrogens (tertiary/aromatic N) is 3. The molecule has 5 heteroatoms. The smallest absolute Gasteiger partial charge is 0.224 e. The highest BCUT2D eigenvalue weighted by atomic mass is 16.1. The van der Waals surface area contributed by atoms with E-state index in [4.69, 9.17) is 0 Å². The zero-order valence-corrected chi connectivity index (χ0v) is 9.63. The summed E-state index contributed by atoms with van der Waals surface area (Å²) in [5, 5.41) is 2.79. The summed E-state index contributed by atoms with van der Waals surface area (Å²) < 4.78 is 1.80. The predicted octanol–water partition coefficient (Wildman–Crippen LogP) is 2.01. The van der Waals surface area contributed by atoms with Gasteiger partial charge in [-0.3, -0.25) is 9.36 Å². The average molecular weight is 230 g/mol. The second-order valence-corrected chi connectivity index (χ2v) is 3.67. The lowest BCUT2D eigenvalue weighted by Crippen LogP contribution is -2.10. The van der Waals surface area contributed by atoms with Crippen LogP contribution in [0.1, 0.15) is 19.8 Å². The number of hydrogen-bond donors (Lipinski definition) is 1. The second kappa shape index (κ2) is 5.25. The van der Waals surface area contributed by atoms with Gasteiger partial charge in [-0.15, -0.1) is 0 Å². The molecule has 0 saturated heterocycles. The first kappa shape index (κ1) is 11.3. The summed E-state index contributed by atoms with van der Waals surface area (Å²) in [5.41, 5.74) is 0.715. The predicted molar refractivity (Wildman–Crippen MR) is 64.9 cm³/mol. The Hall–Kier alpha value is -2.17. The van der Waals surface area contributed by atoms with Crippen molar-refractivity contribution in [1.29, 1.82) is 0 Å². The lowest BCUT2D eigenvalue weighted by molar-refractivity contribution is -0.116. The van der Waals surface area contributed by atoms with Crippen LogP contribution < -0.4 is 5.32 Å². The molecule has 0 fully saturated rings. The Balaban J connectivity index is 2.06. The lowest BCUT2D eigenvalue weighted by Gasteiger charge is -2.05. The van der Waals surface area contributed by atoms with Crippen molar-refractivity contribution < 1.29 is 4.79 Å². The Kier molecular flexibility index (Phi) is 3.49. The van der Waals surface area contributed by atoms with Crippen molar-refractivity contribution in [3.63, 3.8) is 0 Å². The molecule has 0 bridgehead atoms. The number of nitrogens with one attached hydrogen (secondary N) is 1. The fraction of sp³-hybridized carbons (Fsp3) is 0.250. The summed E-state index contributed by atoms with van der Waals surface area (Å²) in [6, 6.07) is 3.67. The third-order valence-corrected chi connectivity index (χ3v) is 2.28. The Morgan fingerprint density at radius 1 is 1.47 bits per heavy atom. The summed E-state index contributed by atoms with van der Waals surface area (Å²) in [4.78, 5) is 19.6. The quantitative estimate of drug-likeness (QED) is 0.874. The molecule has 0 atom stereocenters. The monoisotopic (exact) mass is 230 g/mol. The minimum absolute atomic E-state index is 0.0182.